The Morgan fingerprint density at radius 2 is 2.33 bits per heavy atom. The Kier molecular flexibility index (Phi) is 2.56. The van der Waals surface area contributed by atoms with Gasteiger partial charge in [-0.2, -0.15) is 5.10 Å². The SMILES string of the molecule is Cn1cc(C2C[C@@H](O)c3cc(F)ccc3O2)cn1. The molecule has 2 aromatic rings. The molecule has 0 saturated heterocycles. The second kappa shape index (κ2) is 4.10. The monoisotopic (exact) mass is 248 g/mol. The van der Waals surface area contributed by atoms with Crippen molar-refractivity contribution in [2.45, 2.75) is 18.6 Å². The van der Waals surface area contributed by atoms with E-state index in [-0.39, 0.29) is 11.9 Å². The number of aliphatic hydroxyl groups is 1. The van der Waals surface area contributed by atoms with E-state index in [4.69, 9.17) is 4.74 Å². The Labute approximate surface area is 104 Å². The zero-order chi connectivity index (χ0) is 12.7. The van der Waals surface area contributed by atoms with Gasteiger partial charge in [-0.15, -0.1) is 0 Å². The van der Waals surface area contributed by atoms with E-state index in [0.29, 0.717) is 17.7 Å². The number of halogens is 1. The quantitative estimate of drug-likeness (QED) is 0.840. The van der Waals surface area contributed by atoms with E-state index in [2.05, 4.69) is 5.10 Å². The van der Waals surface area contributed by atoms with Gasteiger partial charge in [0, 0.05) is 30.8 Å². The second-order valence-corrected chi connectivity index (χ2v) is 4.49. The summed E-state index contributed by atoms with van der Waals surface area (Å²) in [5.74, 6) is 0.167. The van der Waals surface area contributed by atoms with Crippen LogP contribution in [0.2, 0.25) is 0 Å². The smallest absolute Gasteiger partial charge is 0.130 e. The van der Waals surface area contributed by atoms with Crippen molar-refractivity contribution in [1.29, 1.82) is 0 Å². The molecule has 0 bridgehead atoms. The number of fused-ring (bicyclic) bond motifs is 1. The number of ether oxygens (including phenoxy) is 1. The van der Waals surface area contributed by atoms with E-state index < -0.39 is 6.10 Å². The standard InChI is InChI=1S/C13H13FN2O2/c1-16-7-8(6-15-16)13-5-11(17)10-4-9(14)2-3-12(10)18-13/h2-4,6-7,11,13,17H,5H2,1H3/t11-,13?/m1/s1. The molecule has 4 nitrogen and oxygen atoms in total. The van der Waals surface area contributed by atoms with Crippen molar-refractivity contribution in [1.82, 2.24) is 9.78 Å². The molecule has 2 heterocycles. The Morgan fingerprint density at radius 3 is 3.06 bits per heavy atom. The Morgan fingerprint density at radius 1 is 1.50 bits per heavy atom. The minimum atomic E-state index is -0.713. The fourth-order valence-corrected chi connectivity index (χ4v) is 2.23. The Hall–Kier alpha value is -1.88. The van der Waals surface area contributed by atoms with Crippen molar-refractivity contribution < 1.29 is 14.2 Å². The summed E-state index contributed by atoms with van der Waals surface area (Å²) in [5, 5.41) is 14.1. The molecule has 0 fully saturated rings. The molecule has 1 unspecified atom stereocenters. The van der Waals surface area contributed by atoms with Gasteiger partial charge >= 0.3 is 0 Å². The number of aromatic nitrogens is 2. The van der Waals surface area contributed by atoms with Gasteiger partial charge in [0.2, 0.25) is 0 Å². The van der Waals surface area contributed by atoms with Crippen molar-refractivity contribution in [2.75, 3.05) is 0 Å². The van der Waals surface area contributed by atoms with Crippen LogP contribution >= 0.6 is 0 Å². The fourth-order valence-electron chi connectivity index (χ4n) is 2.23. The minimum absolute atomic E-state index is 0.244. The molecule has 1 N–H and O–H groups in total. The van der Waals surface area contributed by atoms with Gasteiger partial charge in [-0.05, 0) is 18.2 Å². The van der Waals surface area contributed by atoms with Crippen LogP contribution in [0.25, 0.3) is 0 Å². The van der Waals surface area contributed by atoms with E-state index >= 15 is 0 Å². The van der Waals surface area contributed by atoms with Gasteiger partial charge in [-0.1, -0.05) is 0 Å². The number of rotatable bonds is 1. The van der Waals surface area contributed by atoms with Crippen LogP contribution in [0.3, 0.4) is 0 Å². The summed E-state index contributed by atoms with van der Waals surface area (Å²) < 4.78 is 20.6. The molecule has 1 aliphatic rings. The summed E-state index contributed by atoms with van der Waals surface area (Å²) in [4.78, 5) is 0. The lowest BCUT2D eigenvalue weighted by Crippen LogP contribution is -2.18. The van der Waals surface area contributed by atoms with E-state index in [1.807, 2.05) is 13.2 Å². The molecule has 0 spiro atoms. The molecule has 3 rings (SSSR count). The van der Waals surface area contributed by atoms with Crippen LogP contribution in [-0.2, 0) is 7.05 Å². The predicted octanol–water partition coefficient (Wildman–Crippen LogP) is 2.12. The van der Waals surface area contributed by atoms with Crippen LogP contribution < -0.4 is 4.74 Å². The molecule has 0 aliphatic carbocycles. The highest BCUT2D eigenvalue weighted by atomic mass is 19.1. The van der Waals surface area contributed by atoms with Crippen molar-refractivity contribution in [3.8, 4) is 5.75 Å². The first-order valence-corrected chi connectivity index (χ1v) is 5.76. The van der Waals surface area contributed by atoms with Crippen molar-refractivity contribution in [3.63, 3.8) is 0 Å². The number of hydrogen-bond acceptors (Lipinski definition) is 3. The van der Waals surface area contributed by atoms with E-state index in [0.717, 1.165) is 5.56 Å². The van der Waals surface area contributed by atoms with Crippen LogP contribution in [0.5, 0.6) is 5.75 Å². The molecule has 1 aliphatic heterocycles. The van der Waals surface area contributed by atoms with Crippen LogP contribution in [-0.4, -0.2) is 14.9 Å². The van der Waals surface area contributed by atoms with Crippen LogP contribution in [0.15, 0.2) is 30.6 Å². The van der Waals surface area contributed by atoms with E-state index in [1.54, 1.807) is 16.9 Å². The van der Waals surface area contributed by atoms with Gasteiger partial charge in [-0.25, -0.2) is 4.39 Å². The van der Waals surface area contributed by atoms with Gasteiger partial charge in [-0.3, -0.25) is 4.68 Å². The van der Waals surface area contributed by atoms with E-state index in [1.165, 1.54) is 12.1 Å². The molecule has 18 heavy (non-hydrogen) atoms. The lowest BCUT2D eigenvalue weighted by molar-refractivity contribution is 0.0653. The zero-order valence-corrected chi connectivity index (χ0v) is 9.88. The summed E-state index contributed by atoms with van der Waals surface area (Å²) in [6.07, 6.45) is 3.02. The minimum Gasteiger partial charge on any atom is -0.485 e. The summed E-state index contributed by atoms with van der Waals surface area (Å²) in [5.41, 5.74) is 1.42. The number of nitrogens with zero attached hydrogens (tertiary/aromatic N) is 2. The Bertz CT molecular complexity index is 582. The third-order valence-electron chi connectivity index (χ3n) is 3.13. The largest absolute Gasteiger partial charge is 0.485 e. The molecule has 5 heteroatoms. The lowest BCUT2D eigenvalue weighted by atomic mass is 9.96. The molecular formula is C13H13FN2O2. The van der Waals surface area contributed by atoms with E-state index in [9.17, 15) is 9.50 Å². The highest BCUT2D eigenvalue weighted by Crippen LogP contribution is 2.40. The van der Waals surface area contributed by atoms with Gasteiger partial charge in [0.15, 0.2) is 0 Å². The molecule has 0 saturated carbocycles. The first-order valence-electron chi connectivity index (χ1n) is 5.76. The topological polar surface area (TPSA) is 47.3 Å². The van der Waals surface area contributed by atoms with Crippen LogP contribution in [0, 0.1) is 5.82 Å². The summed E-state index contributed by atoms with van der Waals surface area (Å²) in [6.45, 7) is 0. The maximum atomic E-state index is 13.1. The third-order valence-corrected chi connectivity index (χ3v) is 3.13. The highest BCUT2D eigenvalue weighted by Gasteiger charge is 2.29. The van der Waals surface area contributed by atoms with Gasteiger partial charge < -0.3 is 9.84 Å². The fraction of sp³-hybridized carbons (Fsp3) is 0.308. The first kappa shape index (κ1) is 11.2. The maximum Gasteiger partial charge on any atom is 0.130 e. The average molecular weight is 248 g/mol. The molecule has 0 radical (unpaired) electrons. The number of aliphatic hydroxyl groups excluding tert-OH is 1. The number of aryl methyl sites for hydroxylation is 1. The highest BCUT2D eigenvalue weighted by molar-refractivity contribution is 5.38. The molecule has 1 aromatic carbocycles. The predicted molar refractivity (Wildman–Crippen MR) is 62.6 cm³/mol. The van der Waals surface area contributed by atoms with Crippen LogP contribution in [0.4, 0.5) is 4.39 Å². The van der Waals surface area contributed by atoms with Crippen molar-refractivity contribution in [2.24, 2.45) is 7.05 Å². The second-order valence-electron chi connectivity index (χ2n) is 4.49. The number of benzene rings is 1. The molecular weight excluding hydrogens is 235 g/mol. The Balaban J connectivity index is 1.94. The number of hydrogen-bond donors (Lipinski definition) is 1. The normalized spacial score (nSPS) is 22.4. The van der Waals surface area contributed by atoms with Gasteiger partial charge in [0.25, 0.3) is 0 Å². The van der Waals surface area contributed by atoms with Gasteiger partial charge in [0.1, 0.15) is 17.7 Å². The third kappa shape index (κ3) is 1.86. The average Bonchev–Trinajstić information content (AvgIpc) is 2.77. The molecule has 94 valence electrons. The van der Waals surface area contributed by atoms with Crippen LogP contribution in [0.1, 0.15) is 29.8 Å². The summed E-state index contributed by atoms with van der Waals surface area (Å²) in [7, 11) is 1.83. The zero-order valence-electron chi connectivity index (χ0n) is 9.88. The lowest BCUT2D eigenvalue weighted by Gasteiger charge is -2.29. The summed E-state index contributed by atoms with van der Waals surface area (Å²) in [6, 6.07) is 4.20. The summed E-state index contributed by atoms with van der Waals surface area (Å²) >= 11 is 0. The molecule has 1 aromatic heterocycles. The van der Waals surface area contributed by atoms with Crippen molar-refractivity contribution in [3.05, 3.63) is 47.5 Å². The van der Waals surface area contributed by atoms with Crippen molar-refractivity contribution >= 4 is 0 Å². The van der Waals surface area contributed by atoms with Gasteiger partial charge in [0.05, 0.1) is 12.3 Å². The first-order chi connectivity index (χ1) is 8.63. The molecule has 2 atom stereocenters. The maximum absolute atomic E-state index is 13.1. The molecule has 0 amide bonds.